The van der Waals surface area contributed by atoms with E-state index in [1.165, 1.54) is 0 Å². The molecule has 0 aliphatic heterocycles. The number of para-hydroxylation sites is 2. The molecule has 3 N–H and O–H groups in total. The molecule has 0 aliphatic carbocycles. The van der Waals surface area contributed by atoms with E-state index in [1.54, 1.807) is 18.2 Å². The van der Waals surface area contributed by atoms with Gasteiger partial charge in [-0.2, -0.15) is 0 Å². The van der Waals surface area contributed by atoms with E-state index in [-0.39, 0.29) is 12.5 Å². The van der Waals surface area contributed by atoms with E-state index in [1.807, 2.05) is 36.4 Å². The molecule has 0 fully saturated rings. The minimum absolute atomic E-state index is 0.111. The van der Waals surface area contributed by atoms with Gasteiger partial charge in [0.25, 0.3) is 0 Å². The molecule has 0 atom stereocenters. The molecule has 0 spiro atoms. The summed E-state index contributed by atoms with van der Waals surface area (Å²) in [5.74, 6) is -0.301. The molecule has 0 radical (unpaired) electrons. The van der Waals surface area contributed by atoms with Crippen LogP contribution < -0.4 is 16.0 Å². The van der Waals surface area contributed by atoms with Crippen LogP contribution in [0.5, 0.6) is 0 Å². The summed E-state index contributed by atoms with van der Waals surface area (Å²) in [6, 6.07) is 15.8. The fraction of sp³-hybridized carbons (Fsp3) is 0.0667. The van der Waals surface area contributed by atoms with Crippen LogP contribution in [0.15, 0.2) is 59.1 Å². The summed E-state index contributed by atoms with van der Waals surface area (Å²) in [7, 11) is 0. The number of carbonyl (C=O) groups excluding carboxylic acids is 2. The maximum atomic E-state index is 11.7. The van der Waals surface area contributed by atoms with Crippen molar-refractivity contribution in [2.75, 3.05) is 17.2 Å². The molecule has 21 heavy (non-hydrogen) atoms. The Morgan fingerprint density at radius 3 is 2.29 bits per heavy atom. The van der Waals surface area contributed by atoms with Gasteiger partial charge in [-0.3, -0.25) is 4.79 Å². The van der Waals surface area contributed by atoms with Crippen LogP contribution in [-0.2, 0) is 4.79 Å². The van der Waals surface area contributed by atoms with Crippen molar-refractivity contribution >= 4 is 39.2 Å². The quantitative estimate of drug-likeness (QED) is 0.794. The van der Waals surface area contributed by atoms with E-state index >= 15 is 0 Å². The lowest BCUT2D eigenvalue weighted by Crippen LogP contribution is -2.35. The Bertz CT molecular complexity index is 632. The van der Waals surface area contributed by atoms with Gasteiger partial charge in [-0.15, -0.1) is 0 Å². The largest absolute Gasteiger partial charge is 0.329 e. The van der Waals surface area contributed by atoms with Crippen molar-refractivity contribution in [1.29, 1.82) is 0 Å². The molecule has 108 valence electrons. The number of benzene rings is 2. The van der Waals surface area contributed by atoms with Crippen LogP contribution >= 0.6 is 15.9 Å². The second kappa shape index (κ2) is 7.44. The maximum absolute atomic E-state index is 11.7. The number of amides is 3. The summed E-state index contributed by atoms with van der Waals surface area (Å²) in [6.07, 6.45) is 0. The zero-order valence-corrected chi connectivity index (χ0v) is 12.7. The Balaban J connectivity index is 1.79. The molecular weight excluding hydrogens is 334 g/mol. The van der Waals surface area contributed by atoms with Crippen molar-refractivity contribution in [2.24, 2.45) is 0 Å². The average molecular weight is 348 g/mol. The summed E-state index contributed by atoms with van der Waals surface area (Å²) in [5.41, 5.74) is 1.33. The number of urea groups is 1. The van der Waals surface area contributed by atoms with Gasteiger partial charge in [-0.1, -0.05) is 30.3 Å². The molecule has 3 amide bonds. The van der Waals surface area contributed by atoms with Crippen molar-refractivity contribution in [3.8, 4) is 0 Å². The van der Waals surface area contributed by atoms with Crippen LogP contribution in [0, 0.1) is 0 Å². The minimum atomic E-state index is -0.427. The van der Waals surface area contributed by atoms with Crippen LogP contribution in [0.4, 0.5) is 16.2 Å². The van der Waals surface area contributed by atoms with Gasteiger partial charge in [-0.25, -0.2) is 4.79 Å². The number of halogens is 1. The molecule has 5 nitrogen and oxygen atoms in total. The highest BCUT2D eigenvalue weighted by molar-refractivity contribution is 9.10. The van der Waals surface area contributed by atoms with Crippen molar-refractivity contribution in [3.05, 3.63) is 59.1 Å². The van der Waals surface area contributed by atoms with E-state index in [9.17, 15) is 9.59 Å². The second-order valence-corrected chi connectivity index (χ2v) is 5.06. The van der Waals surface area contributed by atoms with Gasteiger partial charge in [0.15, 0.2) is 0 Å². The fourth-order valence-electron chi connectivity index (χ4n) is 1.61. The molecule has 0 aromatic heterocycles. The first kappa shape index (κ1) is 15.1. The maximum Gasteiger partial charge on any atom is 0.319 e. The zero-order chi connectivity index (χ0) is 15.1. The van der Waals surface area contributed by atoms with Crippen LogP contribution in [0.1, 0.15) is 0 Å². The highest BCUT2D eigenvalue weighted by atomic mass is 79.9. The number of hydrogen-bond donors (Lipinski definition) is 3. The van der Waals surface area contributed by atoms with Crippen molar-refractivity contribution in [2.45, 2.75) is 0 Å². The van der Waals surface area contributed by atoms with E-state index in [0.717, 1.165) is 4.47 Å². The van der Waals surface area contributed by atoms with Crippen LogP contribution in [-0.4, -0.2) is 18.5 Å². The third-order valence-corrected chi connectivity index (χ3v) is 3.28. The summed E-state index contributed by atoms with van der Waals surface area (Å²) >= 11 is 3.33. The molecule has 0 heterocycles. The topological polar surface area (TPSA) is 70.2 Å². The molecule has 2 aromatic carbocycles. The summed E-state index contributed by atoms with van der Waals surface area (Å²) in [6.45, 7) is -0.111. The first-order chi connectivity index (χ1) is 10.1. The van der Waals surface area contributed by atoms with Gasteiger partial charge < -0.3 is 16.0 Å². The molecule has 0 saturated carbocycles. The Morgan fingerprint density at radius 2 is 1.57 bits per heavy atom. The number of anilines is 2. The summed E-state index contributed by atoms with van der Waals surface area (Å²) in [4.78, 5) is 23.4. The van der Waals surface area contributed by atoms with Gasteiger partial charge in [0.05, 0.1) is 12.2 Å². The van der Waals surface area contributed by atoms with Gasteiger partial charge in [0, 0.05) is 10.2 Å². The van der Waals surface area contributed by atoms with Crippen molar-refractivity contribution < 1.29 is 9.59 Å². The predicted molar refractivity (Wildman–Crippen MR) is 86.2 cm³/mol. The molecule has 6 heteroatoms. The van der Waals surface area contributed by atoms with E-state index < -0.39 is 6.03 Å². The molecular formula is C15H14BrN3O2. The van der Waals surface area contributed by atoms with Crippen LogP contribution in [0.25, 0.3) is 0 Å². The lowest BCUT2D eigenvalue weighted by molar-refractivity contribution is -0.115. The minimum Gasteiger partial charge on any atom is -0.329 e. The monoisotopic (exact) mass is 347 g/mol. The predicted octanol–water partition coefficient (Wildman–Crippen LogP) is 3.21. The van der Waals surface area contributed by atoms with E-state index in [2.05, 4.69) is 31.9 Å². The first-order valence-corrected chi connectivity index (χ1v) is 7.09. The summed E-state index contributed by atoms with van der Waals surface area (Å²) in [5, 5.41) is 7.83. The highest BCUT2D eigenvalue weighted by Crippen LogP contribution is 2.20. The van der Waals surface area contributed by atoms with Crippen LogP contribution in [0.2, 0.25) is 0 Å². The second-order valence-electron chi connectivity index (χ2n) is 4.20. The van der Waals surface area contributed by atoms with Crippen LogP contribution in [0.3, 0.4) is 0 Å². The Kier molecular flexibility index (Phi) is 5.34. The normalized spacial score (nSPS) is 9.76. The van der Waals surface area contributed by atoms with Gasteiger partial charge in [0.1, 0.15) is 0 Å². The smallest absolute Gasteiger partial charge is 0.319 e. The number of nitrogens with one attached hydrogen (secondary N) is 3. The Morgan fingerprint density at radius 1 is 0.905 bits per heavy atom. The molecule has 0 bridgehead atoms. The molecule has 2 aromatic rings. The number of carbonyl (C=O) groups is 2. The third-order valence-electron chi connectivity index (χ3n) is 2.59. The zero-order valence-electron chi connectivity index (χ0n) is 11.1. The third kappa shape index (κ3) is 4.92. The highest BCUT2D eigenvalue weighted by Gasteiger charge is 2.07. The van der Waals surface area contributed by atoms with Gasteiger partial charge in [0.2, 0.25) is 5.91 Å². The van der Waals surface area contributed by atoms with Gasteiger partial charge in [-0.05, 0) is 40.2 Å². The Labute approximate surface area is 130 Å². The average Bonchev–Trinajstić information content (AvgIpc) is 2.49. The Hall–Kier alpha value is -2.34. The van der Waals surface area contributed by atoms with Crippen molar-refractivity contribution in [3.63, 3.8) is 0 Å². The summed E-state index contributed by atoms with van der Waals surface area (Å²) < 4.78 is 0.784. The van der Waals surface area contributed by atoms with E-state index in [0.29, 0.717) is 11.4 Å². The SMILES string of the molecule is O=C(CNC(=O)Nc1ccccc1)Nc1ccccc1Br. The standard InChI is InChI=1S/C15H14BrN3O2/c16-12-8-4-5-9-13(12)19-14(20)10-17-15(21)18-11-6-2-1-3-7-11/h1-9H,10H2,(H,19,20)(H2,17,18,21). The first-order valence-electron chi connectivity index (χ1n) is 6.29. The lowest BCUT2D eigenvalue weighted by atomic mass is 10.3. The van der Waals surface area contributed by atoms with Crippen molar-refractivity contribution in [1.82, 2.24) is 5.32 Å². The molecule has 0 aliphatic rings. The molecule has 0 saturated heterocycles. The fourth-order valence-corrected chi connectivity index (χ4v) is 2.00. The van der Waals surface area contributed by atoms with Gasteiger partial charge >= 0.3 is 6.03 Å². The number of rotatable bonds is 4. The molecule has 0 unspecified atom stereocenters. The lowest BCUT2D eigenvalue weighted by Gasteiger charge is -2.09. The number of hydrogen-bond acceptors (Lipinski definition) is 2. The molecule has 2 rings (SSSR count). The van der Waals surface area contributed by atoms with E-state index in [4.69, 9.17) is 0 Å².